The van der Waals surface area contributed by atoms with E-state index in [1.165, 1.54) is 32.1 Å². The summed E-state index contributed by atoms with van der Waals surface area (Å²) in [5.74, 6) is 2.17. The lowest BCUT2D eigenvalue weighted by atomic mass is 9.95. The number of hydrogen-bond donors (Lipinski definition) is 2. The third kappa shape index (κ3) is 6.63. The van der Waals surface area contributed by atoms with Crippen LogP contribution in [0.4, 0.5) is 0 Å². The SMILES string of the molecule is CC(C)C1CC(NC(=NCC2CCS(=O)(=O)C2)NC2CCCCC2)CCO1. The molecule has 2 saturated heterocycles. The Morgan fingerprint density at radius 3 is 2.48 bits per heavy atom. The van der Waals surface area contributed by atoms with Crippen LogP contribution in [0, 0.1) is 11.8 Å². The molecule has 7 heteroatoms. The van der Waals surface area contributed by atoms with E-state index in [9.17, 15) is 8.42 Å². The van der Waals surface area contributed by atoms with Crippen LogP contribution in [0.1, 0.15) is 65.2 Å². The average Bonchev–Trinajstić information content (AvgIpc) is 3.00. The van der Waals surface area contributed by atoms with Gasteiger partial charge in [0.15, 0.2) is 15.8 Å². The molecule has 2 N–H and O–H groups in total. The highest BCUT2D eigenvalue weighted by Crippen LogP contribution is 2.22. The Hall–Kier alpha value is -0.820. The summed E-state index contributed by atoms with van der Waals surface area (Å²) in [5, 5.41) is 7.28. The Morgan fingerprint density at radius 2 is 1.81 bits per heavy atom. The minimum Gasteiger partial charge on any atom is -0.378 e. The minimum atomic E-state index is -2.84. The zero-order chi connectivity index (χ0) is 19.3. The van der Waals surface area contributed by atoms with Crippen molar-refractivity contribution in [1.29, 1.82) is 0 Å². The smallest absolute Gasteiger partial charge is 0.191 e. The summed E-state index contributed by atoms with van der Waals surface area (Å²) in [5.41, 5.74) is 0. The van der Waals surface area contributed by atoms with Crippen molar-refractivity contribution in [3.63, 3.8) is 0 Å². The Morgan fingerprint density at radius 1 is 1.07 bits per heavy atom. The van der Waals surface area contributed by atoms with Gasteiger partial charge in [-0.2, -0.15) is 0 Å². The average molecular weight is 400 g/mol. The molecular formula is C20H37N3O3S. The van der Waals surface area contributed by atoms with Crippen molar-refractivity contribution in [3.05, 3.63) is 0 Å². The predicted molar refractivity (Wildman–Crippen MR) is 110 cm³/mol. The summed E-state index contributed by atoms with van der Waals surface area (Å²) in [7, 11) is -2.84. The zero-order valence-corrected chi connectivity index (χ0v) is 17.8. The maximum atomic E-state index is 11.7. The molecule has 3 rings (SSSR count). The first-order chi connectivity index (χ1) is 12.9. The molecule has 0 bridgehead atoms. The van der Waals surface area contributed by atoms with E-state index in [2.05, 4.69) is 24.5 Å². The topological polar surface area (TPSA) is 79.8 Å². The third-order valence-electron chi connectivity index (χ3n) is 6.18. The van der Waals surface area contributed by atoms with E-state index >= 15 is 0 Å². The highest BCUT2D eigenvalue weighted by atomic mass is 32.2. The normalized spacial score (nSPS) is 32.6. The summed E-state index contributed by atoms with van der Waals surface area (Å²) in [4.78, 5) is 4.82. The van der Waals surface area contributed by atoms with Gasteiger partial charge in [0.05, 0.1) is 17.6 Å². The monoisotopic (exact) mass is 399 g/mol. The van der Waals surface area contributed by atoms with Crippen LogP contribution < -0.4 is 10.6 Å². The Kier molecular flexibility index (Phi) is 7.42. The van der Waals surface area contributed by atoms with Gasteiger partial charge in [0.25, 0.3) is 0 Å². The summed E-state index contributed by atoms with van der Waals surface area (Å²) < 4.78 is 29.3. The van der Waals surface area contributed by atoms with Gasteiger partial charge in [-0.25, -0.2) is 8.42 Å². The van der Waals surface area contributed by atoms with Gasteiger partial charge in [0.2, 0.25) is 0 Å². The van der Waals surface area contributed by atoms with Crippen molar-refractivity contribution < 1.29 is 13.2 Å². The first kappa shape index (κ1) is 20.9. The number of nitrogens with zero attached hydrogens (tertiary/aromatic N) is 1. The van der Waals surface area contributed by atoms with E-state index < -0.39 is 9.84 Å². The molecular weight excluding hydrogens is 362 g/mol. The van der Waals surface area contributed by atoms with Gasteiger partial charge in [0.1, 0.15) is 0 Å². The van der Waals surface area contributed by atoms with E-state index in [1.807, 2.05) is 0 Å². The molecule has 0 spiro atoms. The molecule has 0 aromatic heterocycles. The molecule has 2 aliphatic heterocycles. The second-order valence-corrected chi connectivity index (χ2v) is 11.2. The van der Waals surface area contributed by atoms with Gasteiger partial charge in [0, 0.05) is 25.2 Å². The van der Waals surface area contributed by atoms with Crippen LogP contribution in [0.5, 0.6) is 0 Å². The lowest BCUT2D eigenvalue weighted by Gasteiger charge is -2.34. The zero-order valence-electron chi connectivity index (χ0n) is 17.0. The third-order valence-corrected chi connectivity index (χ3v) is 8.02. The number of ether oxygens (including phenoxy) is 1. The molecule has 0 aromatic carbocycles. The van der Waals surface area contributed by atoms with Gasteiger partial charge >= 0.3 is 0 Å². The van der Waals surface area contributed by atoms with Gasteiger partial charge in [-0.15, -0.1) is 0 Å². The van der Waals surface area contributed by atoms with Gasteiger partial charge < -0.3 is 15.4 Å². The van der Waals surface area contributed by atoms with Crippen LogP contribution in [-0.2, 0) is 14.6 Å². The molecule has 3 unspecified atom stereocenters. The molecule has 6 nitrogen and oxygen atoms in total. The number of hydrogen-bond acceptors (Lipinski definition) is 4. The summed E-state index contributed by atoms with van der Waals surface area (Å²) in [6.07, 6.45) is 9.31. The molecule has 3 aliphatic rings. The second kappa shape index (κ2) is 9.59. The minimum absolute atomic E-state index is 0.165. The van der Waals surface area contributed by atoms with Crippen molar-refractivity contribution in [3.8, 4) is 0 Å². The lowest BCUT2D eigenvalue weighted by Crippen LogP contribution is -2.51. The van der Waals surface area contributed by atoms with Crippen LogP contribution >= 0.6 is 0 Å². The van der Waals surface area contributed by atoms with Crippen LogP contribution in [0.15, 0.2) is 4.99 Å². The van der Waals surface area contributed by atoms with Gasteiger partial charge in [-0.3, -0.25) is 4.99 Å². The Bertz CT molecular complexity index is 600. The molecule has 156 valence electrons. The summed E-state index contributed by atoms with van der Waals surface area (Å²) in [6, 6.07) is 0.853. The maximum Gasteiger partial charge on any atom is 0.191 e. The predicted octanol–water partition coefficient (Wildman–Crippen LogP) is 2.49. The van der Waals surface area contributed by atoms with E-state index in [0.29, 0.717) is 42.2 Å². The van der Waals surface area contributed by atoms with Crippen molar-refractivity contribution in [2.45, 2.75) is 83.4 Å². The summed E-state index contributed by atoms with van der Waals surface area (Å²) >= 11 is 0. The molecule has 3 atom stereocenters. The number of nitrogens with one attached hydrogen (secondary N) is 2. The first-order valence-corrected chi connectivity index (χ1v) is 12.6. The second-order valence-electron chi connectivity index (χ2n) is 8.96. The van der Waals surface area contributed by atoms with Crippen LogP contribution in [0.2, 0.25) is 0 Å². The van der Waals surface area contributed by atoms with Crippen LogP contribution in [0.25, 0.3) is 0 Å². The molecule has 3 fully saturated rings. The molecule has 0 aromatic rings. The van der Waals surface area contributed by atoms with E-state index in [0.717, 1.165) is 31.8 Å². The molecule has 0 amide bonds. The highest BCUT2D eigenvalue weighted by Gasteiger charge is 2.29. The van der Waals surface area contributed by atoms with E-state index in [-0.39, 0.29) is 5.92 Å². The molecule has 27 heavy (non-hydrogen) atoms. The summed E-state index contributed by atoms with van der Waals surface area (Å²) in [6.45, 7) is 5.81. The number of sulfone groups is 1. The molecule has 1 saturated carbocycles. The maximum absolute atomic E-state index is 11.7. The highest BCUT2D eigenvalue weighted by molar-refractivity contribution is 7.91. The lowest BCUT2D eigenvalue weighted by molar-refractivity contribution is -0.0217. The molecule has 2 heterocycles. The van der Waals surface area contributed by atoms with Crippen LogP contribution in [-0.4, -0.2) is 57.2 Å². The Balaban J connectivity index is 1.60. The van der Waals surface area contributed by atoms with Crippen molar-refractivity contribution in [1.82, 2.24) is 10.6 Å². The van der Waals surface area contributed by atoms with E-state index in [1.54, 1.807) is 0 Å². The van der Waals surface area contributed by atoms with Crippen molar-refractivity contribution in [2.75, 3.05) is 24.7 Å². The van der Waals surface area contributed by atoms with E-state index in [4.69, 9.17) is 9.73 Å². The fourth-order valence-corrected chi connectivity index (χ4v) is 6.28. The fraction of sp³-hybridized carbons (Fsp3) is 0.950. The molecule has 1 aliphatic carbocycles. The van der Waals surface area contributed by atoms with Gasteiger partial charge in [-0.05, 0) is 43.9 Å². The quantitative estimate of drug-likeness (QED) is 0.548. The van der Waals surface area contributed by atoms with Gasteiger partial charge in [-0.1, -0.05) is 33.1 Å². The number of guanidine groups is 1. The first-order valence-electron chi connectivity index (χ1n) is 10.8. The molecule has 0 radical (unpaired) electrons. The number of aliphatic imine (C=N–C) groups is 1. The number of rotatable bonds is 5. The largest absolute Gasteiger partial charge is 0.378 e. The fourth-order valence-electron chi connectivity index (χ4n) is 4.43. The standard InChI is InChI=1S/C20H37N3O3S/c1-15(2)19-12-18(8-10-26-19)23-20(22-17-6-4-3-5-7-17)21-13-16-9-11-27(24,25)14-16/h15-19H,3-14H2,1-2H3,(H2,21,22,23). The van der Waals surface area contributed by atoms with Crippen molar-refractivity contribution in [2.24, 2.45) is 16.8 Å². The van der Waals surface area contributed by atoms with Crippen LogP contribution in [0.3, 0.4) is 0 Å². The Labute approximate surface area is 164 Å². The van der Waals surface area contributed by atoms with Crippen molar-refractivity contribution >= 4 is 15.8 Å².